The molecule has 4 rings (SSSR count). The fourth-order valence-corrected chi connectivity index (χ4v) is 4.44. The maximum Gasteiger partial charge on any atom is 0.267 e. The molecule has 2 aliphatic rings. The van der Waals surface area contributed by atoms with Gasteiger partial charge in [-0.1, -0.05) is 53.7 Å². The first-order valence-corrected chi connectivity index (χ1v) is 11.6. The van der Waals surface area contributed by atoms with Crippen LogP contribution in [0.3, 0.4) is 0 Å². The zero-order valence-electron chi connectivity index (χ0n) is 19.1. The summed E-state index contributed by atoms with van der Waals surface area (Å²) >= 11 is 0. The molecule has 1 N–H and O–H groups in total. The van der Waals surface area contributed by atoms with Crippen LogP contribution in [0.2, 0.25) is 0 Å². The average Bonchev–Trinajstić information content (AvgIpc) is 3.26. The Labute approximate surface area is 195 Å². The molecule has 1 atom stereocenters. The number of rotatable bonds is 7. The van der Waals surface area contributed by atoms with Crippen molar-refractivity contribution in [2.75, 3.05) is 19.6 Å². The second-order valence-corrected chi connectivity index (χ2v) is 9.04. The number of oxime groups is 1. The number of nitrogens with one attached hydrogen (secondary N) is 1. The van der Waals surface area contributed by atoms with Gasteiger partial charge in [-0.2, -0.15) is 0 Å². The summed E-state index contributed by atoms with van der Waals surface area (Å²) in [5.74, 6) is 0.471. The minimum atomic E-state index is -1.03. The molecule has 172 valence electrons. The number of benzene rings is 2. The molecule has 6 nitrogen and oxygen atoms in total. The second kappa shape index (κ2) is 10.0. The monoisotopic (exact) mass is 445 g/mol. The van der Waals surface area contributed by atoms with Crippen LogP contribution < -0.4 is 5.32 Å². The lowest BCUT2D eigenvalue weighted by Gasteiger charge is -2.32. The molecule has 0 bridgehead atoms. The molecule has 2 amide bonds. The third-order valence-electron chi connectivity index (χ3n) is 6.48. The van der Waals surface area contributed by atoms with Crippen LogP contribution in [0.1, 0.15) is 47.7 Å². The van der Waals surface area contributed by atoms with Gasteiger partial charge in [-0.3, -0.25) is 9.59 Å². The number of nitrogens with zero attached hydrogens (tertiary/aromatic N) is 2. The number of carbonyl (C=O) groups excluding carboxylic acids is 2. The Bertz CT molecular complexity index is 1020. The van der Waals surface area contributed by atoms with Crippen LogP contribution in [0.4, 0.5) is 0 Å². The largest absolute Gasteiger partial charge is 0.379 e. The van der Waals surface area contributed by atoms with Crippen molar-refractivity contribution in [2.24, 2.45) is 11.1 Å². The summed E-state index contributed by atoms with van der Waals surface area (Å²) in [7, 11) is 0. The Morgan fingerprint density at radius 1 is 1.15 bits per heavy atom. The van der Waals surface area contributed by atoms with Crippen molar-refractivity contribution in [3.05, 3.63) is 83.9 Å². The lowest BCUT2D eigenvalue weighted by molar-refractivity contribution is -0.141. The van der Waals surface area contributed by atoms with E-state index < -0.39 is 5.60 Å². The fourth-order valence-electron chi connectivity index (χ4n) is 4.44. The summed E-state index contributed by atoms with van der Waals surface area (Å²) in [4.78, 5) is 32.7. The van der Waals surface area contributed by atoms with Crippen LogP contribution in [0, 0.1) is 5.92 Å². The molecule has 0 aromatic heterocycles. The van der Waals surface area contributed by atoms with E-state index in [0.29, 0.717) is 30.2 Å². The van der Waals surface area contributed by atoms with E-state index in [2.05, 4.69) is 41.3 Å². The highest BCUT2D eigenvalue weighted by atomic mass is 16.7. The number of carbonyl (C=O) groups is 2. The third-order valence-corrected chi connectivity index (χ3v) is 6.48. The van der Waals surface area contributed by atoms with Gasteiger partial charge in [0.25, 0.3) is 11.8 Å². The molecule has 2 aromatic carbocycles. The van der Waals surface area contributed by atoms with Crippen LogP contribution in [0.5, 0.6) is 0 Å². The van der Waals surface area contributed by atoms with Crippen molar-refractivity contribution in [1.29, 1.82) is 0 Å². The minimum Gasteiger partial charge on any atom is -0.379 e. The number of hydrogen-bond acceptors (Lipinski definition) is 4. The normalized spacial score (nSPS) is 20.6. The summed E-state index contributed by atoms with van der Waals surface area (Å²) in [6.07, 6.45) is 5.13. The smallest absolute Gasteiger partial charge is 0.267 e. The number of amides is 2. The number of piperidine rings is 1. The lowest BCUT2D eigenvalue weighted by Crippen LogP contribution is -2.44. The molecule has 1 fully saturated rings. The Balaban J connectivity index is 1.31. The summed E-state index contributed by atoms with van der Waals surface area (Å²) in [6.45, 7) is 7.29. The fraction of sp³-hybridized carbons (Fsp3) is 0.370. The van der Waals surface area contributed by atoms with Crippen LogP contribution in [0.25, 0.3) is 0 Å². The van der Waals surface area contributed by atoms with Gasteiger partial charge in [-0.15, -0.1) is 6.58 Å². The summed E-state index contributed by atoms with van der Waals surface area (Å²) < 4.78 is 0. The van der Waals surface area contributed by atoms with Gasteiger partial charge >= 0.3 is 0 Å². The van der Waals surface area contributed by atoms with E-state index in [1.54, 1.807) is 13.0 Å². The molecule has 1 saturated heterocycles. The van der Waals surface area contributed by atoms with Crippen LogP contribution >= 0.6 is 0 Å². The van der Waals surface area contributed by atoms with Crippen LogP contribution in [-0.4, -0.2) is 47.7 Å². The predicted molar refractivity (Wildman–Crippen MR) is 129 cm³/mol. The molecule has 0 aliphatic carbocycles. The van der Waals surface area contributed by atoms with Gasteiger partial charge < -0.3 is 15.1 Å². The second-order valence-electron chi connectivity index (χ2n) is 9.04. The van der Waals surface area contributed by atoms with Crippen molar-refractivity contribution in [3.8, 4) is 0 Å². The molecule has 2 aromatic rings. The maximum atomic E-state index is 13.0. The highest BCUT2D eigenvalue weighted by Gasteiger charge is 2.42. The van der Waals surface area contributed by atoms with Gasteiger partial charge in [0.2, 0.25) is 5.60 Å². The first-order chi connectivity index (χ1) is 16.0. The zero-order valence-corrected chi connectivity index (χ0v) is 19.1. The summed E-state index contributed by atoms with van der Waals surface area (Å²) in [5.41, 5.74) is 2.56. The van der Waals surface area contributed by atoms with Gasteiger partial charge in [-0.05, 0) is 55.4 Å². The van der Waals surface area contributed by atoms with Crippen molar-refractivity contribution >= 4 is 17.5 Å². The molecule has 2 aliphatic heterocycles. The van der Waals surface area contributed by atoms with Gasteiger partial charge in [0, 0.05) is 31.6 Å². The van der Waals surface area contributed by atoms with E-state index in [0.717, 1.165) is 37.9 Å². The quantitative estimate of drug-likeness (QED) is 0.656. The molecular weight excluding hydrogens is 414 g/mol. The first kappa shape index (κ1) is 22.8. The van der Waals surface area contributed by atoms with Crippen molar-refractivity contribution in [2.45, 2.75) is 38.2 Å². The van der Waals surface area contributed by atoms with Crippen LogP contribution in [0.15, 0.2) is 72.4 Å². The Hall–Kier alpha value is -3.41. The van der Waals surface area contributed by atoms with E-state index in [1.165, 1.54) is 5.56 Å². The van der Waals surface area contributed by atoms with Crippen molar-refractivity contribution in [1.82, 2.24) is 10.2 Å². The average molecular weight is 446 g/mol. The summed E-state index contributed by atoms with van der Waals surface area (Å²) in [5, 5.41) is 6.89. The molecule has 0 spiro atoms. The lowest BCUT2D eigenvalue weighted by atomic mass is 9.90. The van der Waals surface area contributed by atoms with Gasteiger partial charge in [0.15, 0.2) is 0 Å². The highest BCUT2D eigenvalue weighted by Crippen LogP contribution is 2.27. The van der Waals surface area contributed by atoms with E-state index >= 15 is 0 Å². The molecule has 2 heterocycles. The molecule has 33 heavy (non-hydrogen) atoms. The van der Waals surface area contributed by atoms with E-state index in [1.807, 2.05) is 35.2 Å². The van der Waals surface area contributed by atoms with Gasteiger partial charge in [0.05, 0.1) is 5.71 Å². The van der Waals surface area contributed by atoms with E-state index in [4.69, 9.17) is 4.84 Å². The number of likely N-dealkylation sites (tertiary alicyclic amines) is 1. The molecule has 0 saturated carbocycles. The van der Waals surface area contributed by atoms with Gasteiger partial charge in [-0.25, -0.2) is 0 Å². The highest BCUT2D eigenvalue weighted by molar-refractivity contribution is 6.06. The van der Waals surface area contributed by atoms with E-state index in [-0.39, 0.29) is 11.8 Å². The van der Waals surface area contributed by atoms with Crippen molar-refractivity contribution in [3.63, 3.8) is 0 Å². The standard InChI is InChI=1S/C27H31N3O3/c1-3-15-28-26(32)27(2)19-24(29-33-27)22-9-11-23(12-10-22)25(31)30-16-13-21(14-17-30)18-20-7-5-4-6-8-20/h3-12,21H,1,13-19H2,2H3,(H,28,32). The van der Waals surface area contributed by atoms with Gasteiger partial charge in [0.1, 0.15) is 0 Å². The minimum absolute atomic E-state index is 0.0676. The van der Waals surface area contributed by atoms with E-state index in [9.17, 15) is 9.59 Å². The Morgan fingerprint density at radius 3 is 2.52 bits per heavy atom. The molecule has 1 unspecified atom stereocenters. The Kier molecular flexibility index (Phi) is 6.92. The molecule has 0 radical (unpaired) electrons. The van der Waals surface area contributed by atoms with Crippen LogP contribution in [-0.2, 0) is 16.1 Å². The SMILES string of the molecule is C=CCNC(=O)C1(C)CC(c2ccc(C(=O)N3CCC(Cc4ccccc4)CC3)cc2)=NO1. The maximum absolute atomic E-state index is 13.0. The molecular formula is C27H31N3O3. The first-order valence-electron chi connectivity index (χ1n) is 11.6. The van der Waals surface area contributed by atoms with Crippen molar-refractivity contribution < 1.29 is 14.4 Å². The topological polar surface area (TPSA) is 71.0 Å². The number of hydrogen-bond donors (Lipinski definition) is 1. The predicted octanol–water partition coefficient (Wildman–Crippen LogP) is 3.97. The zero-order chi connectivity index (χ0) is 23.3. The Morgan fingerprint density at radius 2 is 1.85 bits per heavy atom. The third kappa shape index (κ3) is 5.33. The molecule has 6 heteroatoms. The summed E-state index contributed by atoms with van der Waals surface area (Å²) in [6, 6.07) is 18.0.